The van der Waals surface area contributed by atoms with Gasteiger partial charge in [-0.15, -0.1) is 0 Å². The van der Waals surface area contributed by atoms with Crippen molar-refractivity contribution in [1.82, 2.24) is 10.1 Å². The molecular weight excluding hydrogens is 230 g/mol. The molecule has 2 heterocycles. The zero-order valence-electron chi connectivity index (χ0n) is 11.2. The van der Waals surface area contributed by atoms with E-state index in [4.69, 9.17) is 15.0 Å². The average molecular weight is 253 g/mol. The molecule has 1 atom stereocenters. The standard InChI is InChI=1S/C13H23N3O2/c1-13(8-6-10-17-13)12-15-11(18-16-12)7-4-2-3-5-9-14/h2-10,14H2,1H3. The molecule has 0 spiro atoms. The van der Waals surface area contributed by atoms with Gasteiger partial charge in [-0.05, 0) is 39.2 Å². The third kappa shape index (κ3) is 3.29. The van der Waals surface area contributed by atoms with Gasteiger partial charge >= 0.3 is 0 Å². The van der Waals surface area contributed by atoms with Crippen molar-refractivity contribution in [3.63, 3.8) is 0 Å². The molecule has 1 aliphatic heterocycles. The fraction of sp³-hybridized carbons (Fsp3) is 0.846. The van der Waals surface area contributed by atoms with Crippen molar-refractivity contribution in [2.45, 2.75) is 57.5 Å². The molecule has 5 nitrogen and oxygen atoms in total. The van der Waals surface area contributed by atoms with E-state index in [1.165, 1.54) is 12.8 Å². The van der Waals surface area contributed by atoms with Gasteiger partial charge in [0.25, 0.3) is 0 Å². The van der Waals surface area contributed by atoms with Gasteiger partial charge in [0.15, 0.2) is 0 Å². The minimum Gasteiger partial charge on any atom is -0.367 e. The van der Waals surface area contributed by atoms with E-state index < -0.39 is 0 Å². The molecular formula is C13H23N3O2. The first-order chi connectivity index (χ1) is 8.74. The zero-order chi connectivity index (χ0) is 12.8. The number of nitrogens with two attached hydrogens (primary N) is 1. The first kappa shape index (κ1) is 13.5. The third-order valence-corrected chi connectivity index (χ3v) is 3.50. The van der Waals surface area contributed by atoms with Gasteiger partial charge in [-0.1, -0.05) is 18.0 Å². The quantitative estimate of drug-likeness (QED) is 0.754. The van der Waals surface area contributed by atoms with Crippen molar-refractivity contribution in [1.29, 1.82) is 0 Å². The van der Waals surface area contributed by atoms with Gasteiger partial charge in [0, 0.05) is 13.0 Å². The maximum atomic E-state index is 5.70. The third-order valence-electron chi connectivity index (χ3n) is 3.50. The molecule has 1 saturated heterocycles. The predicted molar refractivity (Wildman–Crippen MR) is 68.1 cm³/mol. The molecule has 0 aromatic carbocycles. The Balaban J connectivity index is 1.79. The smallest absolute Gasteiger partial charge is 0.226 e. The van der Waals surface area contributed by atoms with Crippen molar-refractivity contribution in [2.75, 3.05) is 13.2 Å². The molecule has 18 heavy (non-hydrogen) atoms. The maximum Gasteiger partial charge on any atom is 0.226 e. The van der Waals surface area contributed by atoms with Gasteiger partial charge in [-0.2, -0.15) is 4.98 Å². The molecule has 1 aromatic rings. The first-order valence-electron chi connectivity index (χ1n) is 6.92. The van der Waals surface area contributed by atoms with Gasteiger partial charge in [0.05, 0.1) is 0 Å². The Morgan fingerprint density at radius 1 is 1.28 bits per heavy atom. The molecule has 102 valence electrons. The fourth-order valence-electron chi connectivity index (χ4n) is 2.30. The molecule has 1 aliphatic rings. The van der Waals surface area contributed by atoms with Crippen LogP contribution in [-0.4, -0.2) is 23.3 Å². The highest BCUT2D eigenvalue weighted by Gasteiger charge is 2.36. The SMILES string of the molecule is CC1(c2noc(CCCCCCN)n2)CCCO1. The van der Waals surface area contributed by atoms with Crippen LogP contribution < -0.4 is 5.73 Å². The monoisotopic (exact) mass is 253 g/mol. The van der Waals surface area contributed by atoms with E-state index in [1.54, 1.807) is 0 Å². The molecule has 2 rings (SSSR count). The lowest BCUT2D eigenvalue weighted by Crippen LogP contribution is -2.21. The lowest BCUT2D eigenvalue weighted by molar-refractivity contribution is 0.00768. The van der Waals surface area contributed by atoms with Gasteiger partial charge in [-0.25, -0.2) is 0 Å². The van der Waals surface area contributed by atoms with Gasteiger partial charge in [0.1, 0.15) is 5.60 Å². The minimum atomic E-state index is -0.332. The van der Waals surface area contributed by atoms with Crippen LogP contribution in [0.15, 0.2) is 4.52 Å². The van der Waals surface area contributed by atoms with Crippen LogP contribution in [0.3, 0.4) is 0 Å². The summed E-state index contributed by atoms with van der Waals surface area (Å²) in [5.41, 5.74) is 5.12. The van der Waals surface area contributed by atoms with Crippen LogP contribution >= 0.6 is 0 Å². The number of aromatic nitrogens is 2. The van der Waals surface area contributed by atoms with Crippen molar-refractivity contribution >= 4 is 0 Å². The highest BCUT2D eigenvalue weighted by molar-refractivity contribution is 5.01. The van der Waals surface area contributed by atoms with Gasteiger partial charge < -0.3 is 15.0 Å². The minimum absolute atomic E-state index is 0.332. The lowest BCUT2D eigenvalue weighted by Gasteiger charge is -2.17. The largest absolute Gasteiger partial charge is 0.367 e. The van der Waals surface area contributed by atoms with E-state index in [0.29, 0.717) is 5.82 Å². The number of rotatable bonds is 7. The Kier molecular flexibility index (Phi) is 4.72. The van der Waals surface area contributed by atoms with Crippen LogP contribution in [0.5, 0.6) is 0 Å². The normalized spacial score (nSPS) is 23.7. The van der Waals surface area contributed by atoms with E-state index in [0.717, 1.165) is 51.1 Å². The summed E-state index contributed by atoms with van der Waals surface area (Å²) in [4.78, 5) is 4.45. The van der Waals surface area contributed by atoms with Gasteiger partial charge in [-0.3, -0.25) is 0 Å². The maximum absolute atomic E-state index is 5.70. The second-order valence-electron chi connectivity index (χ2n) is 5.15. The Morgan fingerprint density at radius 3 is 2.83 bits per heavy atom. The summed E-state index contributed by atoms with van der Waals surface area (Å²) in [5, 5.41) is 4.05. The Labute approximate surface area is 108 Å². The van der Waals surface area contributed by atoms with Crippen LogP contribution in [-0.2, 0) is 16.8 Å². The van der Waals surface area contributed by atoms with E-state index in [9.17, 15) is 0 Å². The summed E-state index contributed by atoms with van der Waals surface area (Å²) in [5.74, 6) is 1.44. The van der Waals surface area contributed by atoms with Crippen LogP contribution in [0.25, 0.3) is 0 Å². The summed E-state index contributed by atoms with van der Waals surface area (Å²) in [6.45, 7) is 3.61. The summed E-state index contributed by atoms with van der Waals surface area (Å²) in [6.07, 6.45) is 7.43. The molecule has 0 amide bonds. The Morgan fingerprint density at radius 2 is 2.11 bits per heavy atom. The number of nitrogens with zero attached hydrogens (tertiary/aromatic N) is 2. The average Bonchev–Trinajstić information content (AvgIpc) is 2.99. The highest BCUT2D eigenvalue weighted by atomic mass is 16.5. The molecule has 0 radical (unpaired) electrons. The number of hydrogen-bond donors (Lipinski definition) is 1. The summed E-state index contributed by atoms with van der Waals surface area (Å²) >= 11 is 0. The predicted octanol–water partition coefficient (Wildman–Crippen LogP) is 2.16. The zero-order valence-corrected chi connectivity index (χ0v) is 11.2. The van der Waals surface area contributed by atoms with E-state index in [-0.39, 0.29) is 5.60 Å². The number of aryl methyl sites for hydroxylation is 1. The highest BCUT2D eigenvalue weighted by Crippen LogP contribution is 2.33. The van der Waals surface area contributed by atoms with Crippen molar-refractivity contribution in [3.05, 3.63) is 11.7 Å². The molecule has 0 aliphatic carbocycles. The fourth-order valence-corrected chi connectivity index (χ4v) is 2.30. The van der Waals surface area contributed by atoms with Crippen molar-refractivity contribution in [3.8, 4) is 0 Å². The van der Waals surface area contributed by atoms with E-state index in [1.807, 2.05) is 6.92 Å². The number of unbranched alkanes of at least 4 members (excludes halogenated alkanes) is 3. The second-order valence-corrected chi connectivity index (χ2v) is 5.15. The van der Waals surface area contributed by atoms with Crippen LogP contribution in [0.4, 0.5) is 0 Å². The number of hydrogen-bond acceptors (Lipinski definition) is 5. The molecule has 1 aromatic heterocycles. The molecule has 0 bridgehead atoms. The van der Waals surface area contributed by atoms with Crippen LogP contribution in [0.2, 0.25) is 0 Å². The molecule has 1 unspecified atom stereocenters. The van der Waals surface area contributed by atoms with Crippen molar-refractivity contribution in [2.24, 2.45) is 5.73 Å². The summed E-state index contributed by atoms with van der Waals surface area (Å²) < 4.78 is 11.0. The molecule has 2 N–H and O–H groups in total. The Hall–Kier alpha value is -0.940. The summed E-state index contributed by atoms with van der Waals surface area (Å²) in [7, 11) is 0. The Bertz CT molecular complexity index is 359. The number of ether oxygens (including phenoxy) is 1. The first-order valence-corrected chi connectivity index (χ1v) is 6.92. The lowest BCUT2D eigenvalue weighted by atomic mass is 10.0. The van der Waals surface area contributed by atoms with Crippen LogP contribution in [0, 0.1) is 0 Å². The van der Waals surface area contributed by atoms with E-state index >= 15 is 0 Å². The molecule has 1 fully saturated rings. The van der Waals surface area contributed by atoms with Crippen LogP contribution in [0.1, 0.15) is 57.2 Å². The van der Waals surface area contributed by atoms with Gasteiger partial charge in [0.2, 0.25) is 11.7 Å². The molecule has 5 heteroatoms. The summed E-state index contributed by atoms with van der Waals surface area (Å²) in [6, 6.07) is 0. The van der Waals surface area contributed by atoms with Crippen molar-refractivity contribution < 1.29 is 9.26 Å². The topological polar surface area (TPSA) is 74.2 Å². The molecule has 0 saturated carbocycles. The second kappa shape index (κ2) is 6.29. The van der Waals surface area contributed by atoms with E-state index in [2.05, 4.69) is 10.1 Å².